The second-order valence-corrected chi connectivity index (χ2v) is 9.12. The zero-order chi connectivity index (χ0) is 27.1. The molecule has 0 aliphatic heterocycles. The standard InChI is InChI=1S/C28H45NO7/c1-5-6-7-8-9-10-11-12-13-14-15-16-17-18-19-20-26(31)35-23-25(30)24-36-28(27(32)33)34-22-21-29(2,3)4/h6-7,9-10,12-13,15-16,18-19,25,28,30H,5,8,11,14,17,20-24H2,1-4H3/b7-6-,10-9-,13-12-,16-15-,19-18-. The lowest BCUT2D eigenvalue weighted by molar-refractivity contribution is -0.870. The minimum absolute atomic E-state index is 0.0803. The van der Waals surface area contributed by atoms with Crippen molar-refractivity contribution in [2.75, 3.05) is 47.5 Å². The van der Waals surface area contributed by atoms with Crippen LogP contribution < -0.4 is 5.11 Å². The van der Waals surface area contributed by atoms with E-state index in [0.29, 0.717) is 17.4 Å². The summed E-state index contributed by atoms with van der Waals surface area (Å²) in [4.78, 5) is 22.9. The van der Waals surface area contributed by atoms with Crippen LogP contribution in [0, 0.1) is 0 Å². The van der Waals surface area contributed by atoms with E-state index in [2.05, 4.69) is 49.5 Å². The Bertz CT molecular complexity index is 733. The van der Waals surface area contributed by atoms with Gasteiger partial charge in [-0.3, -0.25) is 4.79 Å². The van der Waals surface area contributed by atoms with Crippen LogP contribution in [0.2, 0.25) is 0 Å². The molecule has 0 aliphatic rings. The van der Waals surface area contributed by atoms with Gasteiger partial charge in [-0.15, -0.1) is 0 Å². The lowest BCUT2D eigenvalue weighted by Gasteiger charge is -2.26. The summed E-state index contributed by atoms with van der Waals surface area (Å²) >= 11 is 0. The first kappa shape index (κ1) is 33.5. The molecule has 0 radical (unpaired) electrons. The van der Waals surface area contributed by atoms with Crippen LogP contribution in [-0.4, -0.2) is 81.4 Å². The summed E-state index contributed by atoms with van der Waals surface area (Å²) in [7, 11) is 5.82. The van der Waals surface area contributed by atoms with Gasteiger partial charge in [-0.2, -0.15) is 0 Å². The van der Waals surface area contributed by atoms with Gasteiger partial charge in [0.1, 0.15) is 19.3 Å². The Kier molecular flexibility index (Phi) is 20.2. The Balaban J connectivity index is 3.93. The highest BCUT2D eigenvalue weighted by Gasteiger charge is 2.17. The number of rotatable bonds is 21. The number of carbonyl (C=O) groups excluding carboxylic acids is 2. The molecule has 0 fully saturated rings. The number of carbonyl (C=O) groups is 2. The summed E-state index contributed by atoms with van der Waals surface area (Å²) in [5.74, 6) is -2.02. The number of hydrogen-bond donors (Lipinski definition) is 1. The molecule has 0 aromatic heterocycles. The number of allylic oxidation sites excluding steroid dienone is 9. The van der Waals surface area contributed by atoms with Gasteiger partial charge in [0.2, 0.25) is 0 Å². The Morgan fingerprint density at radius 2 is 1.31 bits per heavy atom. The zero-order valence-corrected chi connectivity index (χ0v) is 22.3. The van der Waals surface area contributed by atoms with Crippen LogP contribution >= 0.6 is 0 Å². The zero-order valence-electron chi connectivity index (χ0n) is 22.3. The summed E-state index contributed by atoms with van der Waals surface area (Å²) in [5.41, 5.74) is 0. The molecule has 0 aliphatic carbocycles. The average molecular weight is 508 g/mol. The van der Waals surface area contributed by atoms with E-state index in [9.17, 15) is 19.8 Å². The van der Waals surface area contributed by atoms with Crippen molar-refractivity contribution in [3.63, 3.8) is 0 Å². The molecule has 0 rings (SSSR count). The summed E-state index contributed by atoms with van der Waals surface area (Å²) in [6.07, 6.45) is 22.4. The fraction of sp³-hybridized carbons (Fsp3) is 0.571. The number of nitrogens with zero attached hydrogens (tertiary/aromatic N) is 1. The predicted octanol–water partition coefficient (Wildman–Crippen LogP) is 2.85. The molecule has 0 aromatic carbocycles. The molecule has 0 aromatic rings. The van der Waals surface area contributed by atoms with E-state index in [1.165, 1.54) is 0 Å². The van der Waals surface area contributed by atoms with Gasteiger partial charge < -0.3 is 33.7 Å². The van der Waals surface area contributed by atoms with E-state index in [1.807, 2.05) is 33.3 Å². The monoisotopic (exact) mass is 507 g/mol. The Morgan fingerprint density at radius 1 is 0.806 bits per heavy atom. The number of esters is 1. The van der Waals surface area contributed by atoms with Crippen LogP contribution in [-0.2, 0) is 23.8 Å². The van der Waals surface area contributed by atoms with Crippen molar-refractivity contribution in [2.24, 2.45) is 0 Å². The molecule has 8 heteroatoms. The molecule has 2 atom stereocenters. The van der Waals surface area contributed by atoms with E-state index >= 15 is 0 Å². The molecule has 0 heterocycles. The van der Waals surface area contributed by atoms with Crippen LogP contribution in [0.4, 0.5) is 0 Å². The quantitative estimate of drug-likeness (QED) is 0.110. The van der Waals surface area contributed by atoms with E-state index in [4.69, 9.17) is 14.2 Å². The van der Waals surface area contributed by atoms with Crippen molar-refractivity contribution < 1.29 is 38.5 Å². The SMILES string of the molecule is CC/C=C\C/C=C\C/C=C\C/C=C\C/C=C\CC(=O)OCC(O)COC(OCC[N+](C)(C)C)C(=O)[O-]. The predicted molar refractivity (Wildman–Crippen MR) is 140 cm³/mol. The first-order chi connectivity index (χ1) is 17.2. The summed E-state index contributed by atoms with van der Waals surface area (Å²) in [5, 5.41) is 21.0. The molecular formula is C28H45NO7. The first-order valence-corrected chi connectivity index (χ1v) is 12.5. The number of carboxylic acid groups (broad SMARTS) is 1. The van der Waals surface area contributed by atoms with E-state index in [0.717, 1.165) is 25.7 Å². The summed E-state index contributed by atoms with van der Waals surface area (Å²) in [6, 6.07) is 0. The van der Waals surface area contributed by atoms with Crippen LogP contribution in [0.15, 0.2) is 60.8 Å². The van der Waals surface area contributed by atoms with E-state index in [-0.39, 0.29) is 26.2 Å². The largest absolute Gasteiger partial charge is 0.545 e. The highest BCUT2D eigenvalue weighted by molar-refractivity contribution is 5.71. The molecule has 8 nitrogen and oxygen atoms in total. The Hall–Kier alpha value is -2.52. The van der Waals surface area contributed by atoms with Gasteiger partial charge in [0.15, 0.2) is 6.29 Å². The smallest absolute Gasteiger partial charge is 0.309 e. The number of aliphatic hydroxyl groups is 1. The number of aliphatic carboxylic acids is 1. The molecule has 0 saturated carbocycles. The number of quaternary nitrogens is 1. The first-order valence-electron chi connectivity index (χ1n) is 12.5. The van der Waals surface area contributed by atoms with E-state index < -0.39 is 24.3 Å². The lowest BCUT2D eigenvalue weighted by Crippen LogP contribution is -2.44. The topological polar surface area (TPSA) is 105 Å². The Morgan fingerprint density at radius 3 is 1.78 bits per heavy atom. The van der Waals surface area contributed by atoms with Gasteiger partial charge in [-0.25, -0.2) is 0 Å². The molecule has 2 unspecified atom stereocenters. The highest BCUT2D eigenvalue weighted by atomic mass is 16.7. The fourth-order valence-corrected chi connectivity index (χ4v) is 2.54. The van der Waals surface area contributed by atoms with Gasteiger partial charge in [0.25, 0.3) is 0 Å². The van der Waals surface area contributed by atoms with Crippen LogP contribution in [0.5, 0.6) is 0 Å². The minimum Gasteiger partial charge on any atom is -0.545 e. The van der Waals surface area contributed by atoms with Gasteiger partial charge >= 0.3 is 5.97 Å². The lowest BCUT2D eigenvalue weighted by atomic mass is 10.2. The normalized spacial score (nSPS) is 14.6. The van der Waals surface area contributed by atoms with Crippen LogP contribution in [0.3, 0.4) is 0 Å². The molecule has 0 bridgehead atoms. The van der Waals surface area contributed by atoms with E-state index in [1.54, 1.807) is 6.08 Å². The van der Waals surface area contributed by atoms with Gasteiger partial charge in [-0.1, -0.05) is 67.7 Å². The van der Waals surface area contributed by atoms with Gasteiger partial charge in [-0.05, 0) is 32.1 Å². The molecule has 0 amide bonds. The molecule has 204 valence electrons. The molecule has 0 spiro atoms. The second kappa shape index (κ2) is 21.7. The van der Waals surface area contributed by atoms with Crippen molar-refractivity contribution in [3.8, 4) is 0 Å². The number of ether oxygens (including phenoxy) is 3. The molecule has 36 heavy (non-hydrogen) atoms. The molecule has 0 saturated heterocycles. The van der Waals surface area contributed by atoms with Crippen molar-refractivity contribution in [2.45, 2.75) is 57.8 Å². The number of aliphatic hydroxyl groups excluding tert-OH is 1. The van der Waals surface area contributed by atoms with Gasteiger partial charge in [0, 0.05) is 0 Å². The van der Waals surface area contributed by atoms with Gasteiger partial charge in [0.05, 0.1) is 46.7 Å². The third kappa shape index (κ3) is 23.2. The second-order valence-electron chi connectivity index (χ2n) is 9.12. The summed E-state index contributed by atoms with van der Waals surface area (Å²) in [6.45, 7) is 2.18. The maximum atomic E-state index is 11.8. The molecular weight excluding hydrogens is 462 g/mol. The molecule has 1 N–H and O–H groups in total. The fourth-order valence-electron chi connectivity index (χ4n) is 2.54. The summed E-state index contributed by atoms with van der Waals surface area (Å²) < 4.78 is 15.8. The van der Waals surface area contributed by atoms with Crippen molar-refractivity contribution >= 4 is 11.9 Å². The number of likely N-dealkylation sites (N-methyl/N-ethyl adjacent to an activating group) is 1. The maximum Gasteiger partial charge on any atom is 0.309 e. The average Bonchev–Trinajstić information content (AvgIpc) is 2.81. The number of hydrogen-bond acceptors (Lipinski definition) is 7. The highest BCUT2D eigenvalue weighted by Crippen LogP contribution is 2.01. The third-order valence-corrected chi connectivity index (χ3v) is 4.54. The third-order valence-electron chi connectivity index (χ3n) is 4.54. The van der Waals surface area contributed by atoms with Crippen molar-refractivity contribution in [1.82, 2.24) is 0 Å². The van der Waals surface area contributed by atoms with Crippen molar-refractivity contribution in [3.05, 3.63) is 60.8 Å². The van der Waals surface area contributed by atoms with Crippen LogP contribution in [0.1, 0.15) is 45.4 Å². The Labute approximate surface area is 216 Å². The number of carboxylic acids is 1. The maximum absolute atomic E-state index is 11.8. The van der Waals surface area contributed by atoms with Crippen LogP contribution in [0.25, 0.3) is 0 Å². The van der Waals surface area contributed by atoms with Crippen molar-refractivity contribution in [1.29, 1.82) is 0 Å². The minimum atomic E-state index is -1.59.